The highest BCUT2D eigenvalue weighted by atomic mass is 16.5. The van der Waals surface area contributed by atoms with E-state index in [1.165, 1.54) is 0 Å². The summed E-state index contributed by atoms with van der Waals surface area (Å²) in [6.45, 7) is 8.57. The first kappa shape index (κ1) is 14.1. The third kappa shape index (κ3) is 3.81. The zero-order valence-electron chi connectivity index (χ0n) is 12.1. The zero-order valence-corrected chi connectivity index (χ0v) is 12.1. The molecule has 1 aliphatic rings. The number of aromatic nitrogens is 1. The van der Waals surface area contributed by atoms with Crippen LogP contribution in [0.15, 0.2) is 12.3 Å². The minimum absolute atomic E-state index is 0.841. The van der Waals surface area contributed by atoms with E-state index in [9.17, 15) is 0 Å². The van der Waals surface area contributed by atoms with Crippen molar-refractivity contribution in [2.24, 2.45) is 0 Å². The maximum absolute atomic E-state index is 5.39. The lowest BCUT2D eigenvalue weighted by atomic mass is 10.3. The Kier molecular flexibility index (Phi) is 4.99. The smallest absolute Gasteiger partial charge is 0.160 e. The van der Waals surface area contributed by atoms with Gasteiger partial charge in [-0.1, -0.05) is 0 Å². The molecule has 0 spiro atoms. The van der Waals surface area contributed by atoms with Crippen LogP contribution in [0.4, 0.5) is 5.69 Å². The Labute approximate surface area is 115 Å². The highest BCUT2D eigenvalue weighted by molar-refractivity contribution is 5.57. The van der Waals surface area contributed by atoms with Crippen molar-refractivity contribution in [2.45, 2.75) is 6.92 Å². The van der Waals surface area contributed by atoms with Gasteiger partial charge in [0, 0.05) is 52.0 Å². The van der Waals surface area contributed by atoms with E-state index in [0.717, 1.165) is 56.4 Å². The highest BCUT2D eigenvalue weighted by Gasteiger charge is 2.13. The SMILES string of the molecule is COc1cnc(C)cc1N(C)CCN1CCNCC1. The lowest BCUT2D eigenvalue weighted by molar-refractivity contribution is 0.246. The molecule has 1 aromatic rings. The van der Waals surface area contributed by atoms with Gasteiger partial charge in [-0.05, 0) is 13.0 Å². The van der Waals surface area contributed by atoms with E-state index in [1.54, 1.807) is 13.3 Å². The maximum atomic E-state index is 5.39. The monoisotopic (exact) mass is 264 g/mol. The molecule has 19 heavy (non-hydrogen) atoms. The molecule has 0 radical (unpaired) electrons. The molecule has 1 aromatic heterocycles. The normalized spacial score (nSPS) is 16.4. The Balaban J connectivity index is 1.94. The molecular weight excluding hydrogens is 240 g/mol. The third-order valence-corrected chi connectivity index (χ3v) is 3.58. The van der Waals surface area contributed by atoms with Crippen LogP contribution >= 0.6 is 0 Å². The summed E-state index contributed by atoms with van der Waals surface area (Å²) in [6.07, 6.45) is 1.80. The van der Waals surface area contributed by atoms with Gasteiger partial charge in [0.1, 0.15) is 0 Å². The summed E-state index contributed by atoms with van der Waals surface area (Å²) in [7, 11) is 3.81. The van der Waals surface area contributed by atoms with Gasteiger partial charge >= 0.3 is 0 Å². The van der Waals surface area contributed by atoms with Crippen LogP contribution < -0.4 is 15.0 Å². The van der Waals surface area contributed by atoms with Gasteiger partial charge in [-0.15, -0.1) is 0 Å². The summed E-state index contributed by atoms with van der Waals surface area (Å²) in [5, 5.41) is 3.38. The van der Waals surface area contributed by atoms with Gasteiger partial charge in [-0.3, -0.25) is 9.88 Å². The molecule has 1 fully saturated rings. The summed E-state index contributed by atoms with van der Waals surface area (Å²) >= 11 is 0. The molecule has 0 aliphatic carbocycles. The molecule has 0 saturated carbocycles. The largest absolute Gasteiger partial charge is 0.493 e. The first-order chi connectivity index (χ1) is 9.20. The molecule has 5 nitrogen and oxygen atoms in total. The number of nitrogens with one attached hydrogen (secondary N) is 1. The van der Waals surface area contributed by atoms with Crippen LogP contribution in [0.3, 0.4) is 0 Å². The first-order valence-electron chi connectivity index (χ1n) is 6.85. The standard InChI is InChI=1S/C14H24N4O/c1-12-10-13(14(19-3)11-16-12)17(2)8-9-18-6-4-15-5-7-18/h10-11,15H,4-9H2,1-3H3. The summed E-state index contributed by atoms with van der Waals surface area (Å²) < 4.78 is 5.39. The number of anilines is 1. The lowest BCUT2D eigenvalue weighted by Gasteiger charge is -2.30. The number of nitrogens with zero attached hydrogens (tertiary/aromatic N) is 3. The minimum atomic E-state index is 0.841. The van der Waals surface area contributed by atoms with Crippen molar-refractivity contribution in [1.82, 2.24) is 15.2 Å². The average molecular weight is 264 g/mol. The van der Waals surface area contributed by atoms with Crippen LogP contribution in [0, 0.1) is 6.92 Å². The van der Waals surface area contributed by atoms with E-state index in [4.69, 9.17) is 4.74 Å². The summed E-state index contributed by atoms with van der Waals surface area (Å²) in [4.78, 5) is 9.01. The van der Waals surface area contributed by atoms with Crippen molar-refractivity contribution in [2.75, 3.05) is 58.3 Å². The van der Waals surface area contributed by atoms with Crippen molar-refractivity contribution in [3.8, 4) is 5.75 Å². The zero-order chi connectivity index (χ0) is 13.7. The van der Waals surface area contributed by atoms with Gasteiger partial charge in [0.05, 0.1) is 19.0 Å². The van der Waals surface area contributed by atoms with E-state index in [-0.39, 0.29) is 0 Å². The van der Waals surface area contributed by atoms with Crippen LogP contribution in [0.25, 0.3) is 0 Å². The van der Waals surface area contributed by atoms with Crippen molar-refractivity contribution < 1.29 is 4.74 Å². The minimum Gasteiger partial charge on any atom is -0.493 e. The number of pyridine rings is 1. The predicted molar refractivity (Wildman–Crippen MR) is 78.1 cm³/mol. The van der Waals surface area contributed by atoms with Crippen LogP contribution in [-0.4, -0.2) is 63.3 Å². The summed E-state index contributed by atoms with van der Waals surface area (Å²) in [5.41, 5.74) is 2.13. The van der Waals surface area contributed by atoms with Crippen molar-refractivity contribution >= 4 is 5.69 Å². The fourth-order valence-electron chi connectivity index (χ4n) is 2.34. The summed E-state index contributed by atoms with van der Waals surface area (Å²) in [5.74, 6) is 0.841. The van der Waals surface area contributed by atoms with E-state index >= 15 is 0 Å². The number of methoxy groups -OCH3 is 1. The van der Waals surface area contributed by atoms with E-state index < -0.39 is 0 Å². The molecule has 0 amide bonds. The topological polar surface area (TPSA) is 40.6 Å². The molecule has 5 heteroatoms. The molecule has 2 rings (SSSR count). The quantitative estimate of drug-likeness (QED) is 0.849. The Morgan fingerprint density at radius 3 is 2.84 bits per heavy atom. The number of piperazine rings is 1. The van der Waals surface area contributed by atoms with Crippen LogP contribution in [0.1, 0.15) is 5.69 Å². The Morgan fingerprint density at radius 2 is 2.16 bits per heavy atom. The van der Waals surface area contributed by atoms with E-state index in [1.807, 2.05) is 6.92 Å². The number of hydrogen-bond donors (Lipinski definition) is 1. The Bertz CT molecular complexity index is 404. The second-order valence-corrected chi connectivity index (χ2v) is 5.01. The lowest BCUT2D eigenvalue weighted by Crippen LogP contribution is -2.46. The molecule has 0 unspecified atom stereocenters. The molecular formula is C14H24N4O. The fourth-order valence-corrected chi connectivity index (χ4v) is 2.34. The predicted octanol–water partition coefficient (Wildman–Crippen LogP) is 0.740. The summed E-state index contributed by atoms with van der Waals surface area (Å²) in [6, 6.07) is 2.08. The van der Waals surface area contributed by atoms with Crippen molar-refractivity contribution in [1.29, 1.82) is 0 Å². The maximum Gasteiger partial charge on any atom is 0.160 e. The van der Waals surface area contributed by atoms with Crippen LogP contribution in [0.2, 0.25) is 0 Å². The number of ether oxygens (including phenoxy) is 1. The van der Waals surface area contributed by atoms with Gasteiger partial charge < -0.3 is 15.0 Å². The highest BCUT2D eigenvalue weighted by Crippen LogP contribution is 2.26. The van der Waals surface area contributed by atoms with Gasteiger partial charge in [0.25, 0.3) is 0 Å². The number of hydrogen-bond acceptors (Lipinski definition) is 5. The second kappa shape index (κ2) is 6.73. The average Bonchev–Trinajstić information content (AvgIpc) is 2.46. The van der Waals surface area contributed by atoms with Gasteiger partial charge in [-0.2, -0.15) is 0 Å². The van der Waals surface area contributed by atoms with E-state index in [0.29, 0.717) is 0 Å². The first-order valence-corrected chi connectivity index (χ1v) is 6.85. The number of likely N-dealkylation sites (N-methyl/N-ethyl adjacent to an activating group) is 1. The van der Waals surface area contributed by atoms with Crippen molar-refractivity contribution in [3.05, 3.63) is 18.0 Å². The molecule has 1 saturated heterocycles. The van der Waals surface area contributed by atoms with Gasteiger partial charge in [0.15, 0.2) is 5.75 Å². The molecule has 0 atom stereocenters. The van der Waals surface area contributed by atoms with E-state index in [2.05, 4.69) is 33.2 Å². The molecule has 2 heterocycles. The second-order valence-electron chi connectivity index (χ2n) is 5.01. The Hall–Kier alpha value is -1.33. The van der Waals surface area contributed by atoms with Crippen LogP contribution in [0.5, 0.6) is 5.75 Å². The molecule has 0 bridgehead atoms. The van der Waals surface area contributed by atoms with Crippen LogP contribution in [-0.2, 0) is 0 Å². The number of rotatable bonds is 5. The Morgan fingerprint density at radius 1 is 1.42 bits per heavy atom. The fraction of sp³-hybridized carbons (Fsp3) is 0.643. The third-order valence-electron chi connectivity index (χ3n) is 3.58. The van der Waals surface area contributed by atoms with Gasteiger partial charge in [-0.25, -0.2) is 0 Å². The van der Waals surface area contributed by atoms with Crippen molar-refractivity contribution in [3.63, 3.8) is 0 Å². The molecule has 1 N–H and O–H groups in total. The van der Waals surface area contributed by atoms with Gasteiger partial charge in [0.2, 0.25) is 0 Å². The number of aryl methyl sites for hydroxylation is 1. The molecule has 106 valence electrons. The molecule has 0 aromatic carbocycles. The molecule has 1 aliphatic heterocycles.